The number of alkyl halides is 1. The Hall–Kier alpha value is -0.100. The maximum atomic E-state index is 4.44. The summed E-state index contributed by atoms with van der Waals surface area (Å²) in [4.78, 5) is 4.44. The molecule has 0 aliphatic heterocycles. The van der Waals surface area contributed by atoms with Crippen molar-refractivity contribution in [1.82, 2.24) is 9.38 Å². The molecule has 62 valence electrons. The summed E-state index contributed by atoms with van der Waals surface area (Å²) >= 11 is 5.67. The Morgan fingerprint density at radius 2 is 2.42 bits per heavy atom. The predicted molar refractivity (Wildman–Crippen MR) is 60.5 cm³/mol. The highest BCUT2D eigenvalue weighted by Gasteiger charge is 2.01. The lowest BCUT2D eigenvalue weighted by Gasteiger charge is -1.92. The van der Waals surface area contributed by atoms with Crippen LogP contribution >= 0.6 is 38.5 Å². The van der Waals surface area contributed by atoms with Gasteiger partial charge in [-0.1, -0.05) is 15.9 Å². The fourth-order valence-corrected chi connectivity index (χ4v) is 1.97. The molecule has 0 spiro atoms. The second kappa shape index (κ2) is 3.33. The third kappa shape index (κ3) is 1.37. The van der Waals surface area contributed by atoms with E-state index in [9.17, 15) is 0 Å². The number of hydrogen-bond donors (Lipinski definition) is 0. The van der Waals surface area contributed by atoms with Gasteiger partial charge in [-0.15, -0.1) is 0 Å². The molecule has 4 heteroatoms. The summed E-state index contributed by atoms with van der Waals surface area (Å²) in [6.45, 7) is 0. The van der Waals surface area contributed by atoms with Crippen LogP contribution in [0.15, 0.2) is 24.5 Å². The zero-order chi connectivity index (χ0) is 8.55. The summed E-state index contributed by atoms with van der Waals surface area (Å²) < 4.78 is 3.22. The van der Waals surface area contributed by atoms with Gasteiger partial charge in [0.15, 0.2) is 5.65 Å². The molecular weight excluding hydrogens is 331 g/mol. The van der Waals surface area contributed by atoms with Crippen molar-refractivity contribution in [3.8, 4) is 0 Å². The molecule has 0 aliphatic carbocycles. The van der Waals surface area contributed by atoms with Gasteiger partial charge in [-0.2, -0.15) is 0 Å². The number of pyridine rings is 1. The van der Waals surface area contributed by atoms with Gasteiger partial charge in [0.05, 0.1) is 9.26 Å². The van der Waals surface area contributed by atoms with Gasteiger partial charge in [0, 0.05) is 17.7 Å². The largest absolute Gasteiger partial charge is 0.306 e. The van der Waals surface area contributed by atoms with E-state index < -0.39 is 0 Å². The van der Waals surface area contributed by atoms with E-state index in [0.717, 1.165) is 16.7 Å². The lowest BCUT2D eigenvalue weighted by atomic mass is 10.5. The van der Waals surface area contributed by atoms with Crippen LogP contribution in [0.3, 0.4) is 0 Å². The van der Waals surface area contributed by atoms with E-state index in [1.165, 1.54) is 3.57 Å². The molecular formula is C8H6BrIN2. The first-order chi connectivity index (χ1) is 5.81. The molecule has 2 aromatic heterocycles. The smallest absolute Gasteiger partial charge is 0.150 e. The monoisotopic (exact) mass is 336 g/mol. The van der Waals surface area contributed by atoms with Crippen LogP contribution < -0.4 is 0 Å². The standard InChI is InChI=1S/C8H6BrIN2/c9-4-6-5-12-3-1-2-7(10)8(12)11-6/h1-3,5H,4H2. The van der Waals surface area contributed by atoms with Crippen molar-refractivity contribution in [3.05, 3.63) is 33.8 Å². The summed E-state index contributed by atoms with van der Waals surface area (Å²) in [5, 5.41) is 0.810. The molecule has 2 heterocycles. The van der Waals surface area contributed by atoms with Crippen molar-refractivity contribution in [3.63, 3.8) is 0 Å². The number of fused-ring (bicyclic) bond motifs is 1. The number of hydrogen-bond acceptors (Lipinski definition) is 1. The molecule has 0 unspecified atom stereocenters. The SMILES string of the molecule is BrCc1cn2cccc(I)c2n1. The molecule has 0 N–H and O–H groups in total. The van der Waals surface area contributed by atoms with Gasteiger partial charge in [0.2, 0.25) is 0 Å². The lowest BCUT2D eigenvalue weighted by molar-refractivity contribution is 1.17. The fourth-order valence-electron chi connectivity index (χ4n) is 1.09. The quantitative estimate of drug-likeness (QED) is 0.578. The fraction of sp³-hybridized carbons (Fsp3) is 0.125. The zero-order valence-corrected chi connectivity index (χ0v) is 9.91. The Kier molecular flexibility index (Phi) is 2.36. The summed E-state index contributed by atoms with van der Waals surface area (Å²) in [7, 11) is 0. The Morgan fingerprint density at radius 1 is 1.58 bits per heavy atom. The molecule has 0 saturated heterocycles. The minimum Gasteiger partial charge on any atom is -0.306 e. The average Bonchev–Trinajstić information content (AvgIpc) is 2.49. The second-order valence-corrected chi connectivity index (χ2v) is 4.18. The maximum Gasteiger partial charge on any atom is 0.150 e. The normalized spacial score (nSPS) is 10.8. The van der Waals surface area contributed by atoms with Crippen LogP contribution in [0.4, 0.5) is 0 Å². The van der Waals surface area contributed by atoms with Gasteiger partial charge in [-0.3, -0.25) is 0 Å². The third-order valence-corrected chi connectivity index (χ3v) is 3.04. The molecule has 0 fully saturated rings. The van der Waals surface area contributed by atoms with Crippen molar-refractivity contribution in [1.29, 1.82) is 0 Å². The first-order valence-electron chi connectivity index (χ1n) is 3.49. The van der Waals surface area contributed by atoms with Crippen molar-refractivity contribution in [2.75, 3.05) is 0 Å². The minimum absolute atomic E-state index is 0.810. The van der Waals surface area contributed by atoms with Crippen LogP contribution in [0, 0.1) is 3.57 Å². The van der Waals surface area contributed by atoms with Crippen LogP contribution in [-0.2, 0) is 5.33 Å². The number of imidazole rings is 1. The number of aromatic nitrogens is 2. The zero-order valence-electron chi connectivity index (χ0n) is 6.17. The van der Waals surface area contributed by atoms with Crippen molar-refractivity contribution < 1.29 is 0 Å². The molecule has 0 radical (unpaired) electrons. The minimum atomic E-state index is 0.810. The first kappa shape index (κ1) is 8.50. The van der Waals surface area contributed by atoms with Crippen LogP contribution in [0.25, 0.3) is 5.65 Å². The highest BCUT2D eigenvalue weighted by molar-refractivity contribution is 14.1. The van der Waals surface area contributed by atoms with Crippen LogP contribution in [0.1, 0.15) is 5.69 Å². The Bertz CT molecular complexity index is 410. The molecule has 0 bridgehead atoms. The van der Waals surface area contributed by atoms with Crippen molar-refractivity contribution >= 4 is 44.2 Å². The summed E-state index contributed by atoms with van der Waals surface area (Å²) in [5.41, 5.74) is 2.10. The van der Waals surface area contributed by atoms with Gasteiger partial charge in [0.1, 0.15) is 0 Å². The molecule has 2 nitrogen and oxygen atoms in total. The van der Waals surface area contributed by atoms with E-state index in [-0.39, 0.29) is 0 Å². The van der Waals surface area contributed by atoms with Crippen LogP contribution in [0.5, 0.6) is 0 Å². The molecule has 0 amide bonds. The van der Waals surface area contributed by atoms with E-state index >= 15 is 0 Å². The molecule has 0 saturated carbocycles. The summed E-state index contributed by atoms with van der Waals surface area (Å²) in [6, 6.07) is 4.08. The number of rotatable bonds is 1. The van der Waals surface area contributed by atoms with Gasteiger partial charge < -0.3 is 4.40 Å². The molecule has 0 atom stereocenters. The number of halogens is 2. The van der Waals surface area contributed by atoms with E-state index in [1.54, 1.807) is 0 Å². The molecule has 12 heavy (non-hydrogen) atoms. The molecule has 2 aromatic rings. The Labute approximate surface area is 92.3 Å². The van der Waals surface area contributed by atoms with Gasteiger partial charge in [-0.25, -0.2) is 4.98 Å². The maximum absolute atomic E-state index is 4.44. The lowest BCUT2D eigenvalue weighted by Crippen LogP contribution is -1.83. The molecule has 0 aromatic carbocycles. The second-order valence-electron chi connectivity index (χ2n) is 2.45. The van der Waals surface area contributed by atoms with Crippen LogP contribution in [0.2, 0.25) is 0 Å². The Morgan fingerprint density at radius 3 is 3.08 bits per heavy atom. The average molecular weight is 337 g/mol. The molecule has 2 rings (SSSR count). The highest BCUT2D eigenvalue weighted by Crippen LogP contribution is 2.14. The first-order valence-corrected chi connectivity index (χ1v) is 5.69. The van der Waals surface area contributed by atoms with Gasteiger partial charge in [-0.05, 0) is 34.7 Å². The third-order valence-electron chi connectivity index (χ3n) is 1.62. The topological polar surface area (TPSA) is 17.3 Å². The van der Waals surface area contributed by atoms with E-state index in [1.807, 2.05) is 22.9 Å². The summed E-state index contributed by atoms with van der Waals surface area (Å²) in [6.07, 6.45) is 4.04. The van der Waals surface area contributed by atoms with E-state index in [4.69, 9.17) is 0 Å². The Balaban J connectivity index is 2.74. The van der Waals surface area contributed by atoms with E-state index in [0.29, 0.717) is 0 Å². The van der Waals surface area contributed by atoms with Crippen LogP contribution in [-0.4, -0.2) is 9.38 Å². The highest BCUT2D eigenvalue weighted by atomic mass is 127. The van der Waals surface area contributed by atoms with Crippen molar-refractivity contribution in [2.24, 2.45) is 0 Å². The predicted octanol–water partition coefficient (Wildman–Crippen LogP) is 2.83. The van der Waals surface area contributed by atoms with Gasteiger partial charge in [0.25, 0.3) is 0 Å². The number of nitrogens with zero attached hydrogens (tertiary/aromatic N) is 2. The van der Waals surface area contributed by atoms with Gasteiger partial charge >= 0.3 is 0 Å². The van der Waals surface area contributed by atoms with Crippen molar-refractivity contribution in [2.45, 2.75) is 5.33 Å². The molecule has 0 aliphatic rings. The van der Waals surface area contributed by atoms with E-state index in [2.05, 4.69) is 49.6 Å². The summed E-state index contributed by atoms with van der Waals surface area (Å²) in [5.74, 6) is 0.